The van der Waals surface area contributed by atoms with Gasteiger partial charge in [-0.05, 0) is 23.6 Å². The zero-order valence-corrected chi connectivity index (χ0v) is 14.2. The van der Waals surface area contributed by atoms with Crippen LogP contribution in [0, 0.1) is 0 Å². The minimum absolute atomic E-state index is 0.192. The number of aromatic nitrogens is 1. The molecule has 1 N–H and O–H groups in total. The maximum absolute atomic E-state index is 12.9. The highest BCUT2D eigenvalue weighted by Crippen LogP contribution is 2.19. The van der Waals surface area contributed by atoms with Crippen molar-refractivity contribution >= 4 is 16.8 Å². The number of fused-ring (bicyclic) bond motifs is 1. The third kappa shape index (κ3) is 3.85. The lowest BCUT2D eigenvalue weighted by Crippen LogP contribution is -2.32. The van der Waals surface area contributed by atoms with Crippen LogP contribution in [-0.4, -0.2) is 22.3 Å². The number of rotatable bonds is 7. The molecular weight excluding hydrogens is 296 g/mol. The molecule has 0 unspecified atom stereocenters. The number of carbonyl (C=O) groups excluding carboxylic acids is 1. The van der Waals surface area contributed by atoms with Crippen LogP contribution in [0.2, 0.25) is 0 Å². The van der Waals surface area contributed by atoms with Crippen LogP contribution < -0.4 is 0 Å². The molecule has 0 fully saturated rings. The lowest BCUT2D eigenvalue weighted by Gasteiger charge is -2.23. The molecule has 1 heterocycles. The standard InChI is InChI=1S/C21H24N2O/c1-2-3-13-23(16-17-9-5-4-6-10-17)21(24)14-18-15-22-20-12-8-7-11-19(18)20/h4-12,15,22H,2-3,13-14,16H2,1H3. The van der Waals surface area contributed by atoms with E-state index in [1.54, 1.807) is 0 Å². The predicted molar refractivity (Wildman–Crippen MR) is 98.8 cm³/mol. The second-order valence-corrected chi connectivity index (χ2v) is 6.19. The summed E-state index contributed by atoms with van der Waals surface area (Å²) in [7, 11) is 0. The molecule has 1 amide bonds. The number of unbranched alkanes of at least 4 members (excludes halogenated alkanes) is 1. The van der Waals surface area contributed by atoms with Crippen molar-refractivity contribution in [1.82, 2.24) is 9.88 Å². The van der Waals surface area contributed by atoms with E-state index in [2.05, 4.69) is 30.1 Å². The zero-order valence-electron chi connectivity index (χ0n) is 14.2. The van der Waals surface area contributed by atoms with Crippen LogP contribution in [0.1, 0.15) is 30.9 Å². The molecule has 1 aromatic heterocycles. The monoisotopic (exact) mass is 320 g/mol. The number of para-hydroxylation sites is 1. The van der Waals surface area contributed by atoms with Gasteiger partial charge >= 0.3 is 0 Å². The van der Waals surface area contributed by atoms with Crippen LogP contribution in [0.25, 0.3) is 10.9 Å². The lowest BCUT2D eigenvalue weighted by molar-refractivity contribution is -0.131. The fraction of sp³-hybridized carbons (Fsp3) is 0.286. The van der Waals surface area contributed by atoms with Crippen LogP contribution in [0.15, 0.2) is 60.8 Å². The van der Waals surface area contributed by atoms with Gasteiger partial charge in [-0.1, -0.05) is 61.9 Å². The highest BCUT2D eigenvalue weighted by molar-refractivity contribution is 5.88. The van der Waals surface area contributed by atoms with Gasteiger partial charge in [0, 0.05) is 30.2 Å². The van der Waals surface area contributed by atoms with E-state index < -0.39 is 0 Å². The number of nitrogens with one attached hydrogen (secondary N) is 1. The summed E-state index contributed by atoms with van der Waals surface area (Å²) in [6.07, 6.45) is 4.53. The Bertz CT molecular complexity index is 792. The molecule has 0 aliphatic rings. The summed E-state index contributed by atoms with van der Waals surface area (Å²) in [6, 6.07) is 18.4. The van der Waals surface area contributed by atoms with E-state index in [0.29, 0.717) is 13.0 Å². The number of aromatic amines is 1. The molecule has 3 rings (SSSR count). The van der Waals surface area contributed by atoms with Gasteiger partial charge in [-0.2, -0.15) is 0 Å². The Morgan fingerprint density at radius 1 is 1.04 bits per heavy atom. The highest BCUT2D eigenvalue weighted by Gasteiger charge is 2.16. The molecule has 3 heteroatoms. The molecule has 0 radical (unpaired) electrons. The van der Waals surface area contributed by atoms with Gasteiger partial charge in [0.2, 0.25) is 5.91 Å². The summed E-state index contributed by atoms with van der Waals surface area (Å²) in [5, 5.41) is 1.14. The van der Waals surface area contributed by atoms with Gasteiger partial charge in [0.25, 0.3) is 0 Å². The Morgan fingerprint density at radius 2 is 1.79 bits per heavy atom. The maximum Gasteiger partial charge on any atom is 0.227 e. The minimum atomic E-state index is 0.192. The third-order valence-electron chi connectivity index (χ3n) is 4.37. The SMILES string of the molecule is CCCCN(Cc1ccccc1)C(=O)Cc1c[nH]c2ccccc12. The second kappa shape index (κ2) is 7.82. The summed E-state index contributed by atoms with van der Waals surface area (Å²) < 4.78 is 0. The van der Waals surface area contributed by atoms with Gasteiger partial charge in [0.05, 0.1) is 6.42 Å². The number of amides is 1. The van der Waals surface area contributed by atoms with Gasteiger partial charge < -0.3 is 9.88 Å². The van der Waals surface area contributed by atoms with Gasteiger partial charge in [0.1, 0.15) is 0 Å². The van der Waals surface area contributed by atoms with E-state index in [4.69, 9.17) is 0 Å². The predicted octanol–water partition coefficient (Wildman–Crippen LogP) is 4.54. The van der Waals surface area contributed by atoms with E-state index in [-0.39, 0.29) is 5.91 Å². The molecule has 0 aliphatic carbocycles. The quantitative estimate of drug-likeness (QED) is 0.681. The van der Waals surface area contributed by atoms with Crippen molar-refractivity contribution in [1.29, 1.82) is 0 Å². The molecule has 0 spiro atoms. The van der Waals surface area contributed by atoms with E-state index >= 15 is 0 Å². The van der Waals surface area contributed by atoms with Crippen molar-refractivity contribution in [3.63, 3.8) is 0 Å². The number of hydrogen-bond acceptors (Lipinski definition) is 1. The number of nitrogens with zero attached hydrogens (tertiary/aromatic N) is 1. The van der Waals surface area contributed by atoms with Crippen molar-refractivity contribution < 1.29 is 4.79 Å². The topological polar surface area (TPSA) is 36.1 Å². The van der Waals surface area contributed by atoms with E-state index in [1.807, 2.05) is 47.5 Å². The lowest BCUT2D eigenvalue weighted by atomic mass is 10.1. The maximum atomic E-state index is 12.9. The average molecular weight is 320 g/mol. The minimum Gasteiger partial charge on any atom is -0.361 e. The Kier molecular flexibility index (Phi) is 5.32. The summed E-state index contributed by atoms with van der Waals surface area (Å²) in [5.41, 5.74) is 3.34. The molecule has 0 atom stereocenters. The Morgan fingerprint density at radius 3 is 2.58 bits per heavy atom. The molecule has 0 saturated heterocycles. The normalized spacial score (nSPS) is 10.9. The average Bonchev–Trinajstić information content (AvgIpc) is 3.02. The fourth-order valence-corrected chi connectivity index (χ4v) is 3.00. The largest absolute Gasteiger partial charge is 0.361 e. The van der Waals surface area contributed by atoms with Gasteiger partial charge in [-0.25, -0.2) is 0 Å². The summed E-state index contributed by atoms with van der Waals surface area (Å²) in [4.78, 5) is 18.1. The number of H-pyrrole nitrogens is 1. The van der Waals surface area contributed by atoms with Crippen LogP contribution in [0.4, 0.5) is 0 Å². The first kappa shape index (κ1) is 16.3. The van der Waals surface area contributed by atoms with Crippen LogP contribution >= 0.6 is 0 Å². The first-order valence-electron chi connectivity index (χ1n) is 8.64. The van der Waals surface area contributed by atoms with Crippen LogP contribution in [0.5, 0.6) is 0 Å². The molecule has 3 nitrogen and oxygen atoms in total. The molecule has 0 saturated carbocycles. The molecule has 0 bridgehead atoms. The summed E-state index contributed by atoms with van der Waals surface area (Å²) in [6.45, 7) is 3.65. The van der Waals surface area contributed by atoms with Gasteiger partial charge in [-0.15, -0.1) is 0 Å². The van der Waals surface area contributed by atoms with E-state index in [0.717, 1.165) is 35.9 Å². The van der Waals surface area contributed by atoms with Crippen molar-refractivity contribution in [3.8, 4) is 0 Å². The molecule has 124 valence electrons. The van der Waals surface area contributed by atoms with Gasteiger partial charge in [0.15, 0.2) is 0 Å². The summed E-state index contributed by atoms with van der Waals surface area (Å²) >= 11 is 0. The van der Waals surface area contributed by atoms with Crippen molar-refractivity contribution in [2.75, 3.05) is 6.54 Å². The Hall–Kier alpha value is -2.55. The first-order valence-corrected chi connectivity index (χ1v) is 8.64. The molecule has 24 heavy (non-hydrogen) atoms. The Balaban J connectivity index is 1.75. The number of hydrogen-bond donors (Lipinski definition) is 1. The number of benzene rings is 2. The van der Waals surface area contributed by atoms with Crippen molar-refractivity contribution in [3.05, 3.63) is 71.9 Å². The first-order chi connectivity index (χ1) is 11.8. The third-order valence-corrected chi connectivity index (χ3v) is 4.37. The van der Waals surface area contributed by atoms with E-state index in [9.17, 15) is 4.79 Å². The second-order valence-electron chi connectivity index (χ2n) is 6.19. The highest BCUT2D eigenvalue weighted by atomic mass is 16.2. The zero-order chi connectivity index (χ0) is 16.8. The van der Waals surface area contributed by atoms with Gasteiger partial charge in [-0.3, -0.25) is 4.79 Å². The molecule has 0 aliphatic heterocycles. The van der Waals surface area contributed by atoms with Crippen molar-refractivity contribution in [2.24, 2.45) is 0 Å². The molecule has 2 aromatic carbocycles. The Labute approximate surface area is 143 Å². The molecular formula is C21H24N2O. The summed E-state index contributed by atoms with van der Waals surface area (Å²) in [5.74, 6) is 0.192. The smallest absolute Gasteiger partial charge is 0.227 e. The van der Waals surface area contributed by atoms with E-state index in [1.165, 1.54) is 5.56 Å². The van der Waals surface area contributed by atoms with Crippen LogP contribution in [0.3, 0.4) is 0 Å². The number of carbonyl (C=O) groups is 1. The van der Waals surface area contributed by atoms with Crippen LogP contribution in [-0.2, 0) is 17.8 Å². The molecule has 3 aromatic rings. The fourth-order valence-electron chi connectivity index (χ4n) is 3.00. The van der Waals surface area contributed by atoms with Crippen molar-refractivity contribution in [2.45, 2.75) is 32.7 Å².